The Hall–Kier alpha value is -0.310. The van der Waals surface area contributed by atoms with E-state index in [1.807, 2.05) is 6.92 Å². The second-order valence-electron chi connectivity index (χ2n) is 1.95. The van der Waals surface area contributed by atoms with Crippen molar-refractivity contribution in [2.75, 3.05) is 0 Å². The van der Waals surface area contributed by atoms with E-state index in [-0.39, 0.29) is 0 Å². The predicted molar refractivity (Wildman–Crippen MR) is 49.2 cm³/mol. The predicted octanol–water partition coefficient (Wildman–Crippen LogP) is 2.62. The lowest BCUT2D eigenvalue weighted by molar-refractivity contribution is 0.920. The van der Waals surface area contributed by atoms with Crippen LogP contribution in [-0.4, -0.2) is 6.21 Å². The summed E-state index contributed by atoms with van der Waals surface area (Å²) in [7, 11) is 0. The first kappa shape index (κ1) is 9.69. The monoisotopic (exact) mass is 204 g/mol. The van der Waals surface area contributed by atoms with Gasteiger partial charge in [0, 0.05) is 6.21 Å². The minimum Gasteiger partial charge on any atom is -0.272 e. The maximum absolute atomic E-state index is 3.86. The number of nitrogens with zero attached hydrogens (tertiary/aromatic N) is 1. The molecule has 0 saturated heterocycles. The molecular formula is C7H13BrN2. The fourth-order valence-corrected chi connectivity index (χ4v) is 0.755. The summed E-state index contributed by atoms with van der Waals surface area (Å²) in [6.07, 6.45) is 2.75. The summed E-state index contributed by atoms with van der Waals surface area (Å²) in [6.45, 7) is 6.03. The third kappa shape index (κ3) is 3.67. The third-order valence-corrected chi connectivity index (χ3v) is 2.05. The number of hydrogen-bond donors (Lipinski definition) is 1. The van der Waals surface area contributed by atoms with Gasteiger partial charge in [-0.25, -0.2) is 0 Å². The van der Waals surface area contributed by atoms with Crippen molar-refractivity contribution in [1.29, 1.82) is 0 Å². The van der Waals surface area contributed by atoms with Crippen molar-refractivity contribution in [3.63, 3.8) is 0 Å². The smallest absolute Gasteiger partial charge is 0.0977 e. The summed E-state index contributed by atoms with van der Waals surface area (Å²) in [5, 5.41) is 3.86. The van der Waals surface area contributed by atoms with Crippen molar-refractivity contribution >= 4 is 22.1 Å². The molecule has 0 aliphatic carbocycles. The number of hydrogen-bond acceptors (Lipinski definition) is 2. The van der Waals surface area contributed by atoms with Gasteiger partial charge >= 0.3 is 0 Å². The summed E-state index contributed by atoms with van der Waals surface area (Å²) in [6, 6.07) is 0. The molecule has 0 rings (SSSR count). The van der Waals surface area contributed by atoms with Gasteiger partial charge in [0.05, 0.1) is 4.61 Å². The summed E-state index contributed by atoms with van der Waals surface area (Å²) in [5.41, 5.74) is 4.12. The van der Waals surface area contributed by atoms with E-state index in [2.05, 4.69) is 40.3 Å². The van der Waals surface area contributed by atoms with Crippen LogP contribution < -0.4 is 5.43 Å². The van der Waals surface area contributed by atoms with Crippen LogP contribution in [0.15, 0.2) is 15.3 Å². The minimum atomic E-state index is 0.966. The van der Waals surface area contributed by atoms with Crippen LogP contribution in [0, 0.1) is 0 Å². The molecule has 0 bridgehead atoms. The summed E-state index contributed by atoms with van der Waals surface area (Å²) in [4.78, 5) is 0. The molecular weight excluding hydrogens is 192 g/mol. The normalized spacial score (nSPS) is 13.6. The van der Waals surface area contributed by atoms with E-state index in [0.717, 1.165) is 11.0 Å². The zero-order chi connectivity index (χ0) is 7.98. The van der Waals surface area contributed by atoms with Crippen molar-refractivity contribution in [2.45, 2.75) is 27.2 Å². The van der Waals surface area contributed by atoms with Gasteiger partial charge in [0.1, 0.15) is 0 Å². The van der Waals surface area contributed by atoms with Gasteiger partial charge in [0.15, 0.2) is 0 Å². The molecule has 0 amide bonds. The van der Waals surface area contributed by atoms with Crippen LogP contribution in [0.2, 0.25) is 0 Å². The number of halogens is 1. The minimum absolute atomic E-state index is 0.966. The molecule has 1 N–H and O–H groups in total. The van der Waals surface area contributed by atoms with E-state index < -0.39 is 0 Å². The van der Waals surface area contributed by atoms with Crippen molar-refractivity contribution in [2.24, 2.45) is 5.10 Å². The maximum atomic E-state index is 3.86. The molecule has 10 heavy (non-hydrogen) atoms. The second kappa shape index (κ2) is 5.47. The largest absolute Gasteiger partial charge is 0.272 e. The molecule has 0 fully saturated rings. The average molecular weight is 205 g/mol. The molecule has 0 aliphatic heterocycles. The molecule has 0 spiro atoms. The van der Waals surface area contributed by atoms with Crippen LogP contribution in [-0.2, 0) is 0 Å². The van der Waals surface area contributed by atoms with Crippen molar-refractivity contribution in [3.05, 3.63) is 10.2 Å². The Labute approximate surface area is 70.5 Å². The Morgan fingerprint density at radius 1 is 1.70 bits per heavy atom. The van der Waals surface area contributed by atoms with Gasteiger partial charge in [-0.1, -0.05) is 6.92 Å². The second-order valence-corrected chi connectivity index (χ2v) is 2.74. The highest BCUT2D eigenvalue weighted by molar-refractivity contribution is 9.11. The third-order valence-electron chi connectivity index (χ3n) is 1.20. The van der Waals surface area contributed by atoms with Crippen LogP contribution in [0.3, 0.4) is 0 Å². The average Bonchev–Trinajstić information content (AvgIpc) is 1.98. The van der Waals surface area contributed by atoms with Crippen LogP contribution in [0.1, 0.15) is 27.2 Å². The lowest BCUT2D eigenvalue weighted by Gasteiger charge is -2.00. The van der Waals surface area contributed by atoms with Gasteiger partial charge in [-0.2, -0.15) is 5.10 Å². The maximum Gasteiger partial charge on any atom is 0.0977 e. The van der Waals surface area contributed by atoms with Crippen LogP contribution >= 0.6 is 15.9 Å². The van der Waals surface area contributed by atoms with Gasteiger partial charge < -0.3 is 0 Å². The molecule has 0 atom stereocenters. The van der Waals surface area contributed by atoms with E-state index in [1.165, 1.54) is 5.57 Å². The zero-order valence-corrected chi connectivity index (χ0v) is 8.20. The molecule has 0 unspecified atom stereocenters. The van der Waals surface area contributed by atoms with Crippen molar-refractivity contribution in [3.8, 4) is 0 Å². The van der Waals surface area contributed by atoms with Crippen molar-refractivity contribution in [1.82, 2.24) is 5.43 Å². The number of rotatable bonds is 3. The van der Waals surface area contributed by atoms with E-state index in [4.69, 9.17) is 0 Å². The first-order valence-electron chi connectivity index (χ1n) is 3.31. The van der Waals surface area contributed by atoms with E-state index in [1.54, 1.807) is 6.21 Å². The molecule has 0 aromatic heterocycles. The molecule has 0 heterocycles. The van der Waals surface area contributed by atoms with Gasteiger partial charge in [0.25, 0.3) is 0 Å². The Kier molecular flexibility index (Phi) is 5.30. The fourth-order valence-electron chi connectivity index (χ4n) is 0.372. The summed E-state index contributed by atoms with van der Waals surface area (Å²) in [5.74, 6) is 0. The molecule has 0 aromatic rings. The number of allylic oxidation sites excluding steroid dienone is 1. The van der Waals surface area contributed by atoms with E-state index >= 15 is 0 Å². The lowest BCUT2D eigenvalue weighted by atomic mass is 10.3. The van der Waals surface area contributed by atoms with E-state index in [0.29, 0.717) is 0 Å². The standard InChI is InChI=1S/C7H13BrN2/c1-4-6(3)7(8)10-9-5-2/h5,10H,4H2,1-3H3/b7-6+,9-5-. The number of hydrazone groups is 1. The molecule has 3 heteroatoms. The van der Waals surface area contributed by atoms with Gasteiger partial charge in [-0.05, 0) is 41.8 Å². The highest BCUT2D eigenvalue weighted by Gasteiger charge is 1.91. The van der Waals surface area contributed by atoms with Crippen LogP contribution in [0.4, 0.5) is 0 Å². The Morgan fingerprint density at radius 3 is 2.70 bits per heavy atom. The molecule has 2 nitrogen and oxygen atoms in total. The molecule has 58 valence electrons. The zero-order valence-electron chi connectivity index (χ0n) is 6.61. The first-order chi connectivity index (χ1) is 4.72. The Balaban J connectivity index is 3.91. The lowest BCUT2D eigenvalue weighted by Crippen LogP contribution is -2.00. The quantitative estimate of drug-likeness (QED) is 0.427. The SMILES string of the molecule is C/C=N\N/C(Br)=C(\C)CC. The summed E-state index contributed by atoms with van der Waals surface area (Å²) < 4.78 is 0.966. The van der Waals surface area contributed by atoms with Gasteiger partial charge in [-0.3, -0.25) is 5.43 Å². The van der Waals surface area contributed by atoms with Gasteiger partial charge in [0.2, 0.25) is 0 Å². The Bertz CT molecular complexity index is 150. The van der Waals surface area contributed by atoms with Crippen LogP contribution in [0.25, 0.3) is 0 Å². The van der Waals surface area contributed by atoms with Crippen LogP contribution in [0.5, 0.6) is 0 Å². The highest BCUT2D eigenvalue weighted by atomic mass is 79.9. The molecule has 0 radical (unpaired) electrons. The van der Waals surface area contributed by atoms with Gasteiger partial charge in [-0.15, -0.1) is 0 Å². The van der Waals surface area contributed by atoms with E-state index in [9.17, 15) is 0 Å². The Morgan fingerprint density at radius 2 is 2.30 bits per heavy atom. The number of nitrogens with one attached hydrogen (secondary N) is 1. The fraction of sp³-hybridized carbons (Fsp3) is 0.571. The first-order valence-corrected chi connectivity index (χ1v) is 4.10. The molecule has 0 aliphatic rings. The molecule has 0 saturated carbocycles. The van der Waals surface area contributed by atoms with Crippen molar-refractivity contribution < 1.29 is 0 Å². The highest BCUT2D eigenvalue weighted by Crippen LogP contribution is 2.10. The topological polar surface area (TPSA) is 24.4 Å². The molecule has 0 aromatic carbocycles. The summed E-state index contributed by atoms with van der Waals surface area (Å²) >= 11 is 3.36.